The molecule has 0 radical (unpaired) electrons. The third-order valence-electron chi connectivity index (χ3n) is 4.35. The van der Waals surface area contributed by atoms with Crippen LogP contribution in [0.4, 0.5) is 4.79 Å². The minimum absolute atomic E-state index is 0.266. The number of amides is 2. The highest BCUT2D eigenvalue weighted by atomic mass is 16.6. The number of benzene rings is 1. The number of ether oxygens (including phenoxy) is 1. The molecule has 1 aliphatic rings. The van der Waals surface area contributed by atoms with Gasteiger partial charge >= 0.3 is 12.0 Å². The van der Waals surface area contributed by atoms with Crippen molar-refractivity contribution < 1.29 is 14.3 Å². The first-order valence-corrected chi connectivity index (χ1v) is 8.29. The topological polar surface area (TPSA) is 74.4 Å². The normalized spacial score (nSPS) is 19.5. The summed E-state index contributed by atoms with van der Waals surface area (Å²) < 4.78 is 5.45. The number of carbonyl (C=O) groups excluding carboxylic acids is 2. The van der Waals surface area contributed by atoms with Gasteiger partial charge in [0.2, 0.25) is 0 Å². The SMILES string of the molecule is CCCNC(=O)N1[C@@H](Cc2c[nH]c3ccccc23)C(=O)OC1(C)C. The van der Waals surface area contributed by atoms with E-state index in [2.05, 4.69) is 10.3 Å². The second kappa shape index (κ2) is 6.19. The summed E-state index contributed by atoms with van der Waals surface area (Å²) in [6.45, 7) is 6.04. The van der Waals surface area contributed by atoms with Crippen LogP contribution in [0.1, 0.15) is 32.8 Å². The van der Waals surface area contributed by atoms with Gasteiger partial charge in [0.25, 0.3) is 0 Å². The molecule has 128 valence electrons. The summed E-state index contributed by atoms with van der Waals surface area (Å²) in [5.74, 6) is -0.364. The number of fused-ring (bicyclic) bond motifs is 1. The molecule has 0 bridgehead atoms. The van der Waals surface area contributed by atoms with Gasteiger partial charge in [-0.3, -0.25) is 4.90 Å². The lowest BCUT2D eigenvalue weighted by Gasteiger charge is -2.31. The quantitative estimate of drug-likeness (QED) is 0.847. The standard InChI is InChI=1S/C18H23N3O3/c1-4-9-19-17(23)21-15(16(22)24-18(21,2)3)10-12-11-20-14-8-6-5-7-13(12)14/h5-8,11,15,20H,4,9-10H2,1-3H3,(H,19,23)/t15-/m0/s1. The highest BCUT2D eigenvalue weighted by Gasteiger charge is 2.50. The van der Waals surface area contributed by atoms with E-state index in [1.54, 1.807) is 13.8 Å². The molecule has 2 heterocycles. The number of aromatic amines is 1. The van der Waals surface area contributed by atoms with Crippen molar-refractivity contribution >= 4 is 22.9 Å². The van der Waals surface area contributed by atoms with Crippen molar-refractivity contribution in [3.05, 3.63) is 36.0 Å². The number of rotatable bonds is 4. The molecule has 1 atom stereocenters. The van der Waals surface area contributed by atoms with E-state index in [9.17, 15) is 9.59 Å². The van der Waals surface area contributed by atoms with Gasteiger partial charge in [0.05, 0.1) is 0 Å². The first kappa shape index (κ1) is 16.4. The highest BCUT2D eigenvalue weighted by molar-refractivity contribution is 5.89. The number of esters is 1. The molecule has 1 aromatic heterocycles. The highest BCUT2D eigenvalue weighted by Crippen LogP contribution is 2.31. The van der Waals surface area contributed by atoms with Crippen molar-refractivity contribution in [1.29, 1.82) is 0 Å². The zero-order valence-electron chi connectivity index (χ0n) is 14.3. The van der Waals surface area contributed by atoms with Gasteiger partial charge in [-0.2, -0.15) is 0 Å². The third-order valence-corrected chi connectivity index (χ3v) is 4.35. The van der Waals surface area contributed by atoms with Crippen molar-refractivity contribution in [3.63, 3.8) is 0 Å². The Morgan fingerprint density at radius 3 is 2.88 bits per heavy atom. The predicted molar refractivity (Wildman–Crippen MR) is 91.5 cm³/mol. The Labute approximate surface area is 141 Å². The van der Waals surface area contributed by atoms with Crippen LogP contribution in [-0.2, 0) is 16.0 Å². The predicted octanol–water partition coefficient (Wildman–Crippen LogP) is 2.79. The molecule has 3 rings (SSSR count). The van der Waals surface area contributed by atoms with Gasteiger partial charge < -0.3 is 15.0 Å². The Hall–Kier alpha value is -2.50. The van der Waals surface area contributed by atoms with E-state index >= 15 is 0 Å². The summed E-state index contributed by atoms with van der Waals surface area (Å²) in [5, 5.41) is 3.90. The molecule has 6 heteroatoms. The van der Waals surface area contributed by atoms with Gasteiger partial charge in [0.15, 0.2) is 5.72 Å². The molecule has 1 aliphatic heterocycles. The summed E-state index contributed by atoms with van der Waals surface area (Å²) >= 11 is 0. The number of carbonyl (C=O) groups is 2. The first-order valence-electron chi connectivity index (χ1n) is 8.29. The molecule has 0 aliphatic carbocycles. The average Bonchev–Trinajstić information content (AvgIpc) is 3.04. The molecule has 6 nitrogen and oxygen atoms in total. The number of nitrogens with zero attached hydrogens (tertiary/aromatic N) is 1. The molecular formula is C18H23N3O3. The van der Waals surface area contributed by atoms with Crippen molar-refractivity contribution in [2.45, 2.75) is 45.4 Å². The molecule has 1 fully saturated rings. The fraction of sp³-hybridized carbons (Fsp3) is 0.444. The maximum atomic E-state index is 12.5. The molecule has 24 heavy (non-hydrogen) atoms. The summed E-state index contributed by atoms with van der Waals surface area (Å²) in [5.41, 5.74) is 1.06. The lowest BCUT2D eigenvalue weighted by atomic mass is 10.0. The largest absolute Gasteiger partial charge is 0.438 e. The summed E-state index contributed by atoms with van der Waals surface area (Å²) in [6, 6.07) is 7.02. The van der Waals surface area contributed by atoms with Crippen molar-refractivity contribution in [2.24, 2.45) is 0 Å². The van der Waals surface area contributed by atoms with Crippen LogP contribution in [0.3, 0.4) is 0 Å². The van der Waals surface area contributed by atoms with Crippen LogP contribution in [0.5, 0.6) is 0 Å². The fourth-order valence-corrected chi connectivity index (χ4v) is 3.23. The van der Waals surface area contributed by atoms with Crippen molar-refractivity contribution in [3.8, 4) is 0 Å². The van der Waals surface area contributed by atoms with Crippen LogP contribution >= 0.6 is 0 Å². The van der Waals surface area contributed by atoms with E-state index in [-0.39, 0.29) is 12.0 Å². The van der Waals surface area contributed by atoms with Crippen LogP contribution in [0, 0.1) is 0 Å². The summed E-state index contributed by atoms with van der Waals surface area (Å²) in [4.78, 5) is 29.7. The van der Waals surface area contributed by atoms with Crippen LogP contribution in [0.15, 0.2) is 30.5 Å². The fourth-order valence-electron chi connectivity index (χ4n) is 3.23. The van der Waals surface area contributed by atoms with Gasteiger partial charge in [-0.1, -0.05) is 25.1 Å². The van der Waals surface area contributed by atoms with Gasteiger partial charge in [0, 0.05) is 30.1 Å². The number of aromatic nitrogens is 1. The van der Waals surface area contributed by atoms with Crippen LogP contribution in [-0.4, -0.2) is 40.2 Å². The molecule has 1 aromatic carbocycles. The Bertz CT molecular complexity index is 766. The van der Waals surface area contributed by atoms with Crippen LogP contribution in [0.2, 0.25) is 0 Å². The summed E-state index contributed by atoms with van der Waals surface area (Å²) in [6.07, 6.45) is 3.15. The Morgan fingerprint density at radius 2 is 2.12 bits per heavy atom. The third kappa shape index (κ3) is 2.84. The van der Waals surface area contributed by atoms with Crippen molar-refractivity contribution in [2.75, 3.05) is 6.54 Å². The van der Waals surface area contributed by atoms with Crippen molar-refractivity contribution in [1.82, 2.24) is 15.2 Å². The van der Waals surface area contributed by atoms with E-state index < -0.39 is 11.8 Å². The number of nitrogens with one attached hydrogen (secondary N) is 2. The van der Waals surface area contributed by atoms with E-state index in [1.807, 2.05) is 37.4 Å². The van der Waals surface area contributed by atoms with E-state index in [0.29, 0.717) is 13.0 Å². The molecule has 1 saturated heterocycles. The lowest BCUT2D eigenvalue weighted by Crippen LogP contribution is -2.53. The Balaban J connectivity index is 1.89. The minimum Gasteiger partial charge on any atom is -0.438 e. The number of cyclic esters (lactones) is 1. The zero-order valence-corrected chi connectivity index (χ0v) is 14.3. The van der Waals surface area contributed by atoms with E-state index in [1.165, 1.54) is 4.90 Å². The molecular weight excluding hydrogens is 306 g/mol. The average molecular weight is 329 g/mol. The molecule has 2 amide bonds. The van der Waals surface area contributed by atoms with Gasteiger partial charge in [0.1, 0.15) is 6.04 Å². The second-order valence-electron chi connectivity index (χ2n) is 6.55. The number of para-hydroxylation sites is 1. The van der Waals surface area contributed by atoms with E-state index in [4.69, 9.17) is 4.74 Å². The Morgan fingerprint density at radius 1 is 1.38 bits per heavy atom. The summed E-state index contributed by atoms with van der Waals surface area (Å²) in [7, 11) is 0. The number of hydrogen-bond donors (Lipinski definition) is 2. The number of H-pyrrole nitrogens is 1. The first-order chi connectivity index (χ1) is 11.4. The molecule has 0 spiro atoms. The van der Waals surface area contributed by atoms with Crippen LogP contribution in [0.25, 0.3) is 10.9 Å². The van der Waals surface area contributed by atoms with Gasteiger partial charge in [-0.15, -0.1) is 0 Å². The minimum atomic E-state index is -0.953. The zero-order chi connectivity index (χ0) is 17.3. The molecule has 2 N–H and O–H groups in total. The number of urea groups is 1. The van der Waals surface area contributed by atoms with Gasteiger partial charge in [-0.05, 0) is 31.9 Å². The van der Waals surface area contributed by atoms with Crippen LogP contribution < -0.4 is 5.32 Å². The maximum absolute atomic E-state index is 12.5. The molecule has 2 aromatic rings. The monoisotopic (exact) mass is 329 g/mol. The van der Waals surface area contributed by atoms with Gasteiger partial charge in [-0.25, -0.2) is 9.59 Å². The lowest BCUT2D eigenvalue weighted by molar-refractivity contribution is -0.148. The molecule has 0 saturated carbocycles. The molecule has 0 unspecified atom stereocenters. The van der Waals surface area contributed by atoms with E-state index in [0.717, 1.165) is 22.9 Å². The Kier molecular flexibility index (Phi) is 4.22. The maximum Gasteiger partial charge on any atom is 0.331 e. The smallest absolute Gasteiger partial charge is 0.331 e. The second-order valence-corrected chi connectivity index (χ2v) is 6.55. The number of hydrogen-bond acceptors (Lipinski definition) is 3.